The minimum Gasteiger partial charge on any atom is -0.359 e. The van der Waals surface area contributed by atoms with Gasteiger partial charge in [0.1, 0.15) is 17.5 Å². The van der Waals surface area contributed by atoms with E-state index < -0.39 is 0 Å². The van der Waals surface area contributed by atoms with Crippen LogP contribution in [-0.4, -0.2) is 42.9 Å². The molecule has 3 aromatic heterocycles. The van der Waals surface area contributed by atoms with Crippen LogP contribution in [0.15, 0.2) is 158 Å². The van der Waals surface area contributed by atoms with Crippen LogP contribution in [0, 0.1) is 109 Å². The molecule has 0 bridgehead atoms. The molecule has 0 spiro atoms. The molecular weight excluding hydrogens is 1390 g/mol. The highest BCUT2D eigenvalue weighted by Gasteiger charge is 2.28. The van der Waals surface area contributed by atoms with E-state index in [1.165, 1.54) is 100 Å². The third kappa shape index (κ3) is 45.0. The van der Waals surface area contributed by atoms with Gasteiger partial charge < -0.3 is 20.3 Å². The standard InChI is InChI=1S/C14H20.C11H18.3C10H12N2.C10H20.C10H14.C9H18.C7H8.C5H11NO.C4H6.3C2H6/c1-11(2)13-8-9-14(10-13)12-6-4-3-5-7-12;1-4-5-10-6-7-11(8-10)9(2)3;3*1-7(2)10-11-8-5-3-4-6-9(8)12-10;1-8(2)6-10-5-4-9(3)7-10;1-8(2)10-6-4-5-9(3)7-10;1-7(2)9-5-4-8(3)6-9;1-7-5-3-2-4-6-7;1-4(2)5(7)6-3;1-3-4-2;3*1-2/h3-7,11,13-14H,8-10H2,1-2H3;9-11H,6-8H2,1-3H3;3*3-7H,1-2H3,(H,11,12);8-10H,4-7H2,1-3H3;4-8H,1-3H3;7-9H,4-6H2,1-3H3;2-6H,1H3;4H,1-3H3,(H,6,7);1-2H3;3*1-2H3. The lowest BCUT2D eigenvalue weighted by Crippen LogP contribution is -2.22. The molecule has 0 saturated heterocycles. The van der Waals surface area contributed by atoms with Crippen molar-refractivity contribution in [1.82, 2.24) is 35.2 Å². The summed E-state index contributed by atoms with van der Waals surface area (Å²) in [4.78, 5) is 33.6. The monoisotopic (exact) mass is 1560 g/mol. The summed E-state index contributed by atoms with van der Waals surface area (Å²) in [5, 5.41) is 2.53. The molecule has 4 saturated carbocycles. The number of para-hydroxylation sites is 6. The van der Waals surface area contributed by atoms with Crippen LogP contribution in [0.5, 0.6) is 0 Å². The van der Waals surface area contributed by atoms with Gasteiger partial charge in [-0.1, -0.05) is 332 Å². The summed E-state index contributed by atoms with van der Waals surface area (Å²) in [6.07, 6.45) is 18.7. The summed E-state index contributed by atoms with van der Waals surface area (Å²) in [5.41, 5.74) is 12.2. The summed E-state index contributed by atoms with van der Waals surface area (Å²) >= 11 is 0. The number of nitrogens with one attached hydrogen (secondary N) is 4. The van der Waals surface area contributed by atoms with Crippen molar-refractivity contribution in [3.8, 4) is 23.7 Å². The highest BCUT2D eigenvalue weighted by molar-refractivity contribution is 5.77. The van der Waals surface area contributed by atoms with E-state index >= 15 is 0 Å². The minimum atomic E-state index is 0.0972. The zero-order chi connectivity index (χ0) is 86.3. The van der Waals surface area contributed by atoms with Gasteiger partial charge in [0.2, 0.25) is 5.91 Å². The van der Waals surface area contributed by atoms with E-state index in [2.05, 4.69) is 264 Å². The summed E-state index contributed by atoms with van der Waals surface area (Å²) in [6.45, 7) is 66.3. The molecule has 8 nitrogen and oxygen atoms in total. The molecule has 114 heavy (non-hydrogen) atoms. The van der Waals surface area contributed by atoms with Gasteiger partial charge >= 0.3 is 0 Å². The van der Waals surface area contributed by atoms with E-state index in [1.54, 1.807) is 12.6 Å². The lowest BCUT2D eigenvalue weighted by atomic mass is 9.91. The first-order valence-electron chi connectivity index (χ1n) is 44.8. The molecule has 9 aromatic rings. The Morgan fingerprint density at radius 1 is 0.412 bits per heavy atom. The Bertz CT molecular complexity index is 3640. The average Bonchev–Trinajstić information content (AvgIpc) is 1.71. The van der Waals surface area contributed by atoms with Crippen LogP contribution in [0.3, 0.4) is 0 Å². The predicted molar refractivity (Wildman–Crippen MR) is 507 cm³/mol. The maximum absolute atomic E-state index is 10.4. The molecule has 4 aliphatic rings. The van der Waals surface area contributed by atoms with Crippen molar-refractivity contribution in [2.45, 2.75) is 328 Å². The van der Waals surface area contributed by atoms with Crippen LogP contribution in [0.4, 0.5) is 0 Å². The number of nitrogens with zero attached hydrogens (tertiary/aromatic N) is 3. The largest absolute Gasteiger partial charge is 0.359 e. The predicted octanol–water partition coefficient (Wildman–Crippen LogP) is 31.5. The molecule has 8 atom stereocenters. The van der Waals surface area contributed by atoms with Crippen LogP contribution in [0.25, 0.3) is 33.1 Å². The Morgan fingerprint density at radius 2 is 0.789 bits per heavy atom. The Labute approximate surface area is 701 Å². The van der Waals surface area contributed by atoms with Crippen molar-refractivity contribution in [3.63, 3.8) is 0 Å². The van der Waals surface area contributed by atoms with Crippen LogP contribution in [-0.2, 0) is 4.79 Å². The molecule has 6 aromatic carbocycles. The first kappa shape index (κ1) is 106. The van der Waals surface area contributed by atoms with Gasteiger partial charge in [-0.3, -0.25) is 4.79 Å². The Hall–Kier alpha value is -7.68. The zero-order valence-corrected chi connectivity index (χ0v) is 78.8. The van der Waals surface area contributed by atoms with E-state index in [4.69, 9.17) is 0 Å². The SMILES string of the molecule is CC.CC.CC.CC#CC.CC#CC1CCC(C(C)C)C1.CC(C)C1CCC(c2ccccc2)C1.CC(C)CC1CCC(C)C1.CC(C)c1nc2ccccc2[nH]1.CC(C)c1nc2ccccc2[nH]1.CC(C)c1nc2ccccc2[nH]1.CC1CCC(C(C)C)C1.CNC(=O)C(C)C.Cc1cccc(C(C)C)c1.Cc1ccccc1. The van der Waals surface area contributed by atoms with Crippen LogP contribution in [0.1, 0.15) is 354 Å². The number of aromatic amines is 3. The first-order chi connectivity index (χ1) is 54.4. The number of amides is 1. The molecule has 3 heterocycles. The molecule has 8 unspecified atom stereocenters. The third-order valence-corrected chi connectivity index (χ3v) is 21.3. The van der Waals surface area contributed by atoms with Crippen LogP contribution in [0.2, 0.25) is 0 Å². The van der Waals surface area contributed by atoms with Crippen molar-refractivity contribution in [1.29, 1.82) is 0 Å². The minimum absolute atomic E-state index is 0.0972. The number of imidazole rings is 3. The van der Waals surface area contributed by atoms with Gasteiger partial charge in [0.05, 0.1) is 33.1 Å². The molecule has 4 N–H and O–H groups in total. The second-order valence-electron chi connectivity index (χ2n) is 34.0. The number of hydrogen-bond acceptors (Lipinski definition) is 4. The summed E-state index contributed by atoms with van der Waals surface area (Å²) < 4.78 is 0. The summed E-state index contributed by atoms with van der Waals surface area (Å²) in [6, 6.07) is 54.2. The normalized spacial score (nSPS) is 17.9. The summed E-state index contributed by atoms with van der Waals surface area (Å²) in [7, 11) is 1.64. The van der Waals surface area contributed by atoms with E-state index in [0.29, 0.717) is 29.6 Å². The van der Waals surface area contributed by atoms with Crippen LogP contribution < -0.4 is 5.32 Å². The molecule has 1 amide bonds. The van der Waals surface area contributed by atoms with E-state index in [-0.39, 0.29) is 11.8 Å². The topological polar surface area (TPSA) is 115 Å². The molecular formula is C106H169N7O. The Kier molecular flexibility index (Phi) is 58.4. The van der Waals surface area contributed by atoms with Gasteiger partial charge in [-0.05, 0) is 217 Å². The van der Waals surface area contributed by atoms with Crippen molar-refractivity contribution in [2.75, 3.05) is 7.05 Å². The maximum atomic E-state index is 10.4. The highest BCUT2D eigenvalue weighted by atomic mass is 16.1. The van der Waals surface area contributed by atoms with Crippen molar-refractivity contribution in [2.24, 2.45) is 71.0 Å². The smallest absolute Gasteiger partial charge is 0.222 e. The Balaban J connectivity index is 0.00000123. The van der Waals surface area contributed by atoms with Gasteiger partial charge in [0.15, 0.2) is 0 Å². The number of benzene rings is 6. The fourth-order valence-corrected chi connectivity index (χ4v) is 14.3. The van der Waals surface area contributed by atoms with Crippen molar-refractivity contribution < 1.29 is 4.79 Å². The number of aromatic nitrogens is 6. The zero-order valence-electron chi connectivity index (χ0n) is 78.8. The number of rotatable bonds is 11. The molecule has 4 fully saturated rings. The van der Waals surface area contributed by atoms with Gasteiger partial charge in [0.25, 0.3) is 0 Å². The molecule has 13 rings (SSSR count). The molecule has 634 valence electrons. The molecule has 0 radical (unpaired) electrons. The van der Waals surface area contributed by atoms with E-state index in [1.807, 2.05) is 167 Å². The van der Waals surface area contributed by atoms with E-state index in [9.17, 15) is 4.79 Å². The molecule has 8 heteroatoms. The van der Waals surface area contributed by atoms with Crippen molar-refractivity contribution >= 4 is 39.0 Å². The molecule has 0 aliphatic heterocycles. The number of fused-ring (bicyclic) bond motifs is 3. The van der Waals surface area contributed by atoms with Crippen molar-refractivity contribution in [3.05, 3.63) is 197 Å². The molecule has 4 aliphatic carbocycles. The van der Waals surface area contributed by atoms with E-state index in [0.717, 1.165) is 116 Å². The first-order valence-corrected chi connectivity index (χ1v) is 44.8. The maximum Gasteiger partial charge on any atom is 0.222 e. The summed E-state index contributed by atoms with van der Waals surface area (Å²) in [5.74, 6) is 28.3. The lowest BCUT2D eigenvalue weighted by molar-refractivity contribution is -0.123. The fourth-order valence-electron chi connectivity index (χ4n) is 14.3. The Morgan fingerprint density at radius 3 is 1.07 bits per heavy atom. The second-order valence-corrected chi connectivity index (χ2v) is 34.0. The number of carbonyl (C=O) groups excluding carboxylic acids is 1. The lowest BCUT2D eigenvalue weighted by Gasteiger charge is -2.14. The fraction of sp³-hybridized carbons (Fsp3) is 0.585. The van der Waals surface area contributed by atoms with Crippen LogP contribution >= 0.6 is 0 Å². The second kappa shape index (κ2) is 62.6. The van der Waals surface area contributed by atoms with Gasteiger partial charge in [-0.2, -0.15) is 0 Å². The number of H-pyrrole nitrogens is 3. The highest BCUT2D eigenvalue weighted by Crippen LogP contribution is 2.42. The number of hydrogen-bond donors (Lipinski definition) is 4. The third-order valence-electron chi connectivity index (χ3n) is 21.3. The number of aryl methyl sites for hydroxylation is 2. The van der Waals surface area contributed by atoms with Gasteiger partial charge in [-0.25, -0.2) is 15.0 Å². The van der Waals surface area contributed by atoms with Gasteiger partial charge in [-0.15, -0.1) is 23.7 Å². The van der Waals surface area contributed by atoms with Gasteiger partial charge in [0, 0.05) is 36.6 Å². The average molecular weight is 1560 g/mol. The quantitative estimate of drug-likeness (QED) is 0.0966. The number of carbonyl (C=O) groups is 1.